The van der Waals surface area contributed by atoms with Gasteiger partial charge in [0.15, 0.2) is 0 Å². The van der Waals surface area contributed by atoms with Crippen LogP contribution in [-0.4, -0.2) is 35.0 Å². The van der Waals surface area contributed by atoms with Crippen molar-refractivity contribution in [1.82, 2.24) is 14.9 Å². The molecule has 2 heterocycles. The van der Waals surface area contributed by atoms with Gasteiger partial charge in [-0.15, -0.1) is 11.3 Å². The third-order valence-corrected chi connectivity index (χ3v) is 6.47. The summed E-state index contributed by atoms with van der Waals surface area (Å²) in [5, 5.41) is 5.36. The second-order valence-corrected chi connectivity index (χ2v) is 8.62. The fraction of sp³-hybridized carbons (Fsp3) is 0.200. The minimum absolute atomic E-state index is 0.193. The van der Waals surface area contributed by atoms with E-state index in [4.69, 9.17) is 4.74 Å². The molecule has 4 aromatic rings. The van der Waals surface area contributed by atoms with E-state index in [1.165, 1.54) is 22.2 Å². The first-order valence-electron chi connectivity index (χ1n) is 10.8. The highest BCUT2D eigenvalue weighted by Crippen LogP contribution is 2.31. The summed E-state index contributed by atoms with van der Waals surface area (Å²) < 4.78 is 6.90. The molecule has 9 heteroatoms. The summed E-state index contributed by atoms with van der Waals surface area (Å²) >= 11 is 1.32. The molecule has 2 N–H and O–H groups in total. The van der Waals surface area contributed by atoms with Crippen molar-refractivity contribution in [3.8, 4) is 16.2 Å². The summed E-state index contributed by atoms with van der Waals surface area (Å²) in [7, 11) is 1.61. The minimum atomic E-state index is -0.450. The molecule has 4 rings (SSSR count). The molecule has 2 aromatic carbocycles. The summed E-state index contributed by atoms with van der Waals surface area (Å²) in [6, 6.07) is 16.9. The van der Waals surface area contributed by atoms with E-state index in [9.17, 15) is 14.4 Å². The van der Waals surface area contributed by atoms with Crippen LogP contribution in [0.25, 0.3) is 20.7 Å². The van der Waals surface area contributed by atoms with Crippen LogP contribution in [-0.2, 0) is 22.6 Å². The maximum Gasteiger partial charge on any atom is 0.271 e. The zero-order valence-corrected chi connectivity index (χ0v) is 19.6. The maximum absolute atomic E-state index is 12.9. The van der Waals surface area contributed by atoms with Crippen molar-refractivity contribution >= 4 is 39.1 Å². The molecule has 2 aromatic heterocycles. The molecule has 0 bridgehead atoms. The lowest BCUT2D eigenvalue weighted by atomic mass is 10.1. The highest BCUT2D eigenvalue weighted by Gasteiger charge is 2.14. The number of aromatic nitrogens is 2. The highest BCUT2D eigenvalue weighted by molar-refractivity contribution is 7.22. The number of methoxy groups -OCH3 is 1. The van der Waals surface area contributed by atoms with Crippen molar-refractivity contribution in [3.05, 3.63) is 76.8 Å². The standard InChI is InChI=1S/C25H24N4O4S/c1-3-16-6-4-5-7-19(16)28-22(30)13-26-23(31)14-29-15-27-20-12-21(34-24(20)25(29)32)17-8-10-18(33-2)11-9-17/h4-12,15H,3,13-14H2,1-2H3,(H,26,31)(H,28,30). The number of nitrogens with zero attached hydrogens (tertiary/aromatic N) is 2. The molecule has 0 saturated heterocycles. The Kier molecular flexibility index (Phi) is 7.03. The smallest absolute Gasteiger partial charge is 0.271 e. The molecule has 2 amide bonds. The number of anilines is 1. The van der Waals surface area contributed by atoms with Gasteiger partial charge in [-0.25, -0.2) is 4.98 Å². The second kappa shape index (κ2) is 10.3. The Morgan fingerprint density at radius 3 is 2.59 bits per heavy atom. The SMILES string of the molecule is CCc1ccccc1NC(=O)CNC(=O)Cn1cnc2cc(-c3ccc(OC)cc3)sc2c1=O. The zero-order chi connectivity index (χ0) is 24.1. The number of rotatable bonds is 8. The van der Waals surface area contributed by atoms with E-state index in [1.54, 1.807) is 7.11 Å². The number of carbonyl (C=O) groups is 2. The highest BCUT2D eigenvalue weighted by atomic mass is 32.1. The van der Waals surface area contributed by atoms with Crippen molar-refractivity contribution in [1.29, 1.82) is 0 Å². The molecule has 0 spiro atoms. The van der Waals surface area contributed by atoms with Crippen LogP contribution in [0.5, 0.6) is 5.75 Å². The molecule has 0 unspecified atom stereocenters. The monoisotopic (exact) mass is 476 g/mol. The van der Waals surface area contributed by atoms with Gasteiger partial charge in [0, 0.05) is 10.6 Å². The van der Waals surface area contributed by atoms with E-state index in [1.807, 2.05) is 61.5 Å². The predicted octanol–water partition coefficient (Wildman–Crippen LogP) is 3.45. The topological polar surface area (TPSA) is 102 Å². The summed E-state index contributed by atoms with van der Waals surface area (Å²) in [4.78, 5) is 42.8. The van der Waals surface area contributed by atoms with Gasteiger partial charge >= 0.3 is 0 Å². The number of benzene rings is 2. The van der Waals surface area contributed by atoms with Crippen LogP contribution in [0.15, 0.2) is 65.7 Å². The lowest BCUT2D eigenvalue weighted by Gasteiger charge is -2.10. The summed E-state index contributed by atoms with van der Waals surface area (Å²) in [6.07, 6.45) is 2.14. The molecular weight excluding hydrogens is 452 g/mol. The molecule has 0 aliphatic rings. The van der Waals surface area contributed by atoms with E-state index in [0.717, 1.165) is 33.9 Å². The lowest BCUT2D eigenvalue weighted by Crippen LogP contribution is -2.37. The average molecular weight is 477 g/mol. The number of fused-ring (bicyclic) bond motifs is 1. The van der Waals surface area contributed by atoms with E-state index in [-0.39, 0.29) is 24.6 Å². The Morgan fingerprint density at radius 1 is 1.09 bits per heavy atom. The van der Waals surface area contributed by atoms with Gasteiger partial charge in [-0.3, -0.25) is 19.0 Å². The normalized spacial score (nSPS) is 10.8. The van der Waals surface area contributed by atoms with Crippen molar-refractivity contribution in [2.45, 2.75) is 19.9 Å². The molecule has 0 aliphatic heterocycles. The number of amides is 2. The Hall–Kier alpha value is -3.98. The third-order valence-electron chi connectivity index (χ3n) is 5.31. The first-order chi connectivity index (χ1) is 16.5. The molecule has 34 heavy (non-hydrogen) atoms. The van der Waals surface area contributed by atoms with E-state index in [2.05, 4.69) is 15.6 Å². The number of para-hydroxylation sites is 1. The quantitative estimate of drug-likeness (QED) is 0.406. The molecule has 0 radical (unpaired) electrons. The van der Waals surface area contributed by atoms with Crippen LogP contribution >= 0.6 is 11.3 Å². The Bertz CT molecular complexity index is 1390. The Balaban J connectivity index is 1.41. The third kappa shape index (κ3) is 5.15. The van der Waals surface area contributed by atoms with Gasteiger partial charge in [0.25, 0.3) is 5.56 Å². The van der Waals surface area contributed by atoms with E-state index in [0.29, 0.717) is 10.2 Å². The summed E-state index contributed by atoms with van der Waals surface area (Å²) in [5.41, 5.74) is 2.96. The number of hydrogen-bond acceptors (Lipinski definition) is 6. The fourth-order valence-corrected chi connectivity index (χ4v) is 4.56. The number of thiophene rings is 1. The van der Waals surface area contributed by atoms with Crippen LogP contribution in [0, 0.1) is 0 Å². The molecule has 0 aliphatic carbocycles. The van der Waals surface area contributed by atoms with Crippen LogP contribution in [0.4, 0.5) is 5.69 Å². The lowest BCUT2D eigenvalue weighted by molar-refractivity contribution is -0.124. The Morgan fingerprint density at radius 2 is 1.85 bits per heavy atom. The maximum atomic E-state index is 12.9. The molecular formula is C25H24N4O4S. The van der Waals surface area contributed by atoms with Crippen LogP contribution in [0.1, 0.15) is 12.5 Å². The number of ether oxygens (including phenoxy) is 1. The number of nitrogens with one attached hydrogen (secondary N) is 2. The van der Waals surface area contributed by atoms with Gasteiger partial charge in [-0.05, 0) is 53.9 Å². The van der Waals surface area contributed by atoms with Crippen molar-refractivity contribution in [2.24, 2.45) is 0 Å². The van der Waals surface area contributed by atoms with Gasteiger partial charge in [0.2, 0.25) is 11.8 Å². The first-order valence-corrected chi connectivity index (χ1v) is 11.6. The molecule has 0 atom stereocenters. The van der Waals surface area contributed by atoms with Gasteiger partial charge in [-0.2, -0.15) is 0 Å². The molecule has 8 nitrogen and oxygen atoms in total. The first kappa shape index (κ1) is 23.2. The van der Waals surface area contributed by atoms with Gasteiger partial charge in [-0.1, -0.05) is 25.1 Å². The summed E-state index contributed by atoms with van der Waals surface area (Å²) in [5.74, 6) is -0.0358. The molecule has 174 valence electrons. The van der Waals surface area contributed by atoms with Crippen molar-refractivity contribution < 1.29 is 14.3 Å². The molecule has 0 saturated carbocycles. The minimum Gasteiger partial charge on any atom is -0.497 e. The van der Waals surface area contributed by atoms with Gasteiger partial charge < -0.3 is 15.4 Å². The van der Waals surface area contributed by atoms with Crippen molar-refractivity contribution in [2.75, 3.05) is 19.0 Å². The average Bonchev–Trinajstić information content (AvgIpc) is 3.30. The number of hydrogen-bond donors (Lipinski definition) is 2. The molecule has 0 fully saturated rings. The number of carbonyl (C=O) groups excluding carboxylic acids is 2. The predicted molar refractivity (Wildman–Crippen MR) is 133 cm³/mol. The largest absolute Gasteiger partial charge is 0.497 e. The van der Waals surface area contributed by atoms with Crippen molar-refractivity contribution in [3.63, 3.8) is 0 Å². The fourth-order valence-electron chi connectivity index (χ4n) is 3.49. The number of aryl methyl sites for hydroxylation is 1. The van der Waals surface area contributed by atoms with Crippen LogP contribution < -0.4 is 20.9 Å². The second-order valence-electron chi connectivity index (χ2n) is 7.57. The van der Waals surface area contributed by atoms with Gasteiger partial charge in [0.05, 0.1) is 25.5 Å². The summed E-state index contributed by atoms with van der Waals surface area (Å²) in [6.45, 7) is 1.58. The van der Waals surface area contributed by atoms with Gasteiger partial charge in [0.1, 0.15) is 17.0 Å². The zero-order valence-electron chi connectivity index (χ0n) is 18.8. The van der Waals surface area contributed by atoms with Crippen LogP contribution in [0.2, 0.25) is 0 Å². The van der Waals surface area contributed by atoms with E-state index < -0.39 is 5.91 Å². The van der Waals surface area contributed by atoms with E-state index >= 15 is 0 Å². The Labute approximate surface area is 200 Å². The van der Waals surface area contributed by atoms with Crippen LogP contribution in [0.3, 0.4) is 0 Å².